The molecule has 2 unspecified atom stereocenters. The normalized spacial score (nSPS) is 13.8. The zero-order valence-corrected chi connectivity index (χ0v) is 13.4. The number of hydrogen-bond acceptors (Lipinski definition) is 2. The lowest BCUT2D eigenvalue weighted by Crippen LogP contribution is -2.31. The Morgan fingerprint density at radius 3 is 2.60 bits per heavy atom. The standard InChI is InChI=1S/C16H17FINO/c1-2-15(19)16(11-5-3-6-12(17)9-11)20-14-8-4-7-13(18)10-14/h3-10,15-16H,2,19H2,1H3. The molecule has 0 spiro atoms. The number of benzene rings is 2. The van der Waals surface area contributed by atoms with Gasteiger partial charge in [0.15, 0.2) is 0 Å². The van der Waals surface area contributed by atoms with Crippen LogP contribution < -0.4 is 10.5 Å². The lowest BCUT2D eigenvalue weighted by Gasteiger charge is -2.25. The zero-order valence-electron chi connectivity index (χ0n) is 11.2. The molecule has 2 nitrogen and oxygen atoms in total. The molecule has 0 bridgehead atoms. The third-order valence-electron chi connectivity index (χ3n) is 3.10. The van der Waals surface area contributed by atoms with Gasteiger partial charge in [-0.05, 0) is 64.9 Å². The van der Waals surface area contributed by atoms with Crippen LogP contribution in [0.3, 0.4) is 0 Å². The molecule has 0 radical (unpaired) electrons. The van der Waals surface area contributed by atoms with Gasteiger partial charge in [-0.1, -0.05) is 25.1 Å². The van der Waals surface area contributed by atoms with Crippen molar-refractivity contribution in [3.63, 3.8) is 0 Å². The molecule has 20 heavy (non-hydrogen) atoms. The summed E-state index contributed by atoms with van der Waals surface area (Å²) in [6.45, 7) is 2.00. The molecule has 0 aliphatic carbocycles. The van der Waals surface area contributed by atoms with E-state index in [0.717, 1.165) is 21.3 Å². The fourth-order valence-corrected chi connectivity index (χ4v) is 2.50. The Balaban J connectivity index is 2.29. The summed E-state index contributed by atoms with van der Waals surface area (Å²) < 4.78 is 20.5. The number of rotatable bonds is 5. The number of nitrogens with two attached hydrogens (primary N) is 1. The maximum atomic E-state index is 13.4. The Morgan fingerprint density at radius 1 is 1.20 bits per heavy atom. The van der Waals surface area contributed by atoms with Crippen LogP contribution in [0.4, 0.5) is 4.39 Å². The number of halogens is 2. The summed E-state index contributed by atoms with van der Waals surface area (Å²) >= 11 is 2.23. The van der Waals surface area contributed by atoms with E-state index in [4.69, 9.17) is 10.5 Å². The van der Waals surface area contributed by atoms with Crippen LogP contribution in [0.1, 0.15) is 25.0 Å². The van der Waals surface area contributed by atoms with Crippen LogP contribution in [-0.2, 0) is 0 Å². The van der Waals surface area contributed by atoms with Gasteiger partial charge in [-0.2, -0.15) is 0 Å². The highest BCUT2D eigenvalue weighted by molar-refractivity contribution is 14.1. The van der Waals surface area contributed by atoms with E-state index < -0.39 is 0 Å². The summed E-state index contributed by atoms with van der Waals surface area (Å²) in [4.78, 5) is 0. The second-order valence-electron chi connectivity index (χ2n) is 4.62. The predicted octanol–water partition coefficient (Wildman–Crippen LogP) is 4.29. The summed E-state index contributed by atoms with van der Waals surface area (Å²) in [5, 5.41) is 0. The summed E-state index contributed by atoms with van der Waals surface area (Å²) in [6, 6.07) is 14.0. The Hall–Kier alpha value is -1.14. The van der Waals surface area contributed by atoms with E-state index in [1.807, 2.05) is 37.3 Å². The van der Waals surface area contributed by atoms with Crippen molar-refractivity contribution in [3.8, 4) is 5.75 Å². The molecule has 0 saturated heterocycles. The largest absolute Gasteiger partial charge is 0.484 e. The summed E-state index contributed by atoms with van der Waals surface area (Å²) in [6.07, 6.45) is 0.402. The van der Waals surface area contributed by atoms with Crippen molar-refractivity contribution in [2.75, 3.05) is 0 Å². The van der Waals surface area contributed by atoms with E-state index in [2.05, 4.69) is 22.6 Å². The second kappa shape index (κ2) is 7.04. The first-order chi connectivity index (χ1) is 9.60. The van der Waals surface area contributed by atoms with Gasteiger partial charge in [-0.3, -0.25) is 0 Å². The van der Waals surface area contributed by atoms with Crippen LogP contribution in [0.15, 0.2) is 48.5 Å². The van der Waals surface area contributed by atoms with Crippen molar-refractivity contribution in [1.82, 2.24) is 0 Å². The lowest BCUT2D eigenvalue weighted by atomic mass is 10.0. The van der Waals surface area contributed by atoms with Gasteiger partial charge in [0.25, 0.3) is 0 Å². The monoisotopic (exact) mass is 385 g/mol. The molecule has 2 atom stereocenters. The fourth-order valence-electron chi connectivity index (χ4n) is 1.99. The van der Waals surface area contributed by atoms with Crippen molar-refractivity contribution in [1.29, 1.82) is 0 Å². The molecule has 0 amide bonds. The first-order valence-electron chi connectivity index (χ1n) is 6.53. The minimum Gasteiger partial charge on any atom is -0.484 e. The highest BCUT2D eigenvalue weighted by Crippen LogP contribution is 2.26. The predicted molar refractivity (Wildman–Crippen MR) is 87.2 cm³/mol. The fraction of sp³-hybridized carbons (Fsp3) is 0.250. The first-order valence-corrected chi connectivity index (χ1v) is 7.61. The molecular formula is C16H17FINO. The van der Waals surface area contributed by atoms with E-state index in [9.17, 15) is 4.39 Å². The molecule has 0 saturated carbocycles. The molecule has 2 N–H and O–H groups in total. The summed E-state index contributed by atoms with van der Waals surface area (Å²) in [5.74, 6) is 0.470. The van der Waals surface area contributed by atoms with Crippen molar-refractivity contribution < 1.29 is 9.13 Å². The Labute approximate surface area is 132 Å². The van der Waals surface area contributed by atoms with Gasteiger partial charge < -0.3 is 10.5 Å². The van der Waals surface area contributed by atoms with Crippen LogP contribution in [0.2, 0.25) is 0 Å². The lowest BCUT2D eigenvalue weighted by molar-refractivity contribution is 0.170. The maximum Gasteiger partial charge on any atom is 0.139 e. The van der Waals surface area contributed by atoms with E-state index in [1.165, 1.54) is 12.1 Å². The molecular weight excluding hydrogens is 368 g/mol. The van der Waals surface area contributed by atoms with Crippen molar-refractivity contribution in [2.45, 2.75) is 25.5 Å². The molecule has 4 heteroatoms. The average Bonchev–Trinajstić information content (AvgIpc) is 2.44. The van der Waals surface area contributed by atoms with Crippen LogP contribution in [0, 0.1) is 9.39 Å². The molecule has 0 aromatic heterocycles. The molecule has 2 aromatic rings. The van der Waals surface area contributed by atoms with Crippen LogP contribution in [0.5, 0.6) is 5.75 Å². The molecule has 106 valence electrons. The highest BCUT2D eigenvalue weighted by atomic mass is 127. The average molecular weight is 385 g/mol. The third kappa shape index (κ3) is 3.93. The summed E-state index contributed by atoms with van der Waals surface area (Å²) in [7, 11) is 0. The van der Waals surface area contributed by atoms with Gasteiger partial charge >= 0.3 is 0 Å². The third-order valence-corrected chi connectivity index (χ3v) is 3.77. The van der Waals surface area contributed by atoms with Gasteiger partial charge in [-0.15, -0.1) is 0 Å². The van der Waals surface area contributed by atoms with Gasteiger partial charge in [0.05, 0.1) is 0 Å². The van der Waals surface area contributed by atoms with Crippen molar-refractivity contribution >= 4 is 22.6 Å². The minimum atomic E-state index is -0.353. The molecule has 0 aliphatic rings. The van der Waals surface area contributed by atoms with Gasteiger partial charge in [0.2, 0.25) is 0 Å². The van der Waals surface area contributed by atoms with E-state index >= 15 is 0 Å². The van der Waals surface area contributed by atoms with E-state index in [-0.39, 0.29) is 18.0 Å². The zero-order chi connectivity index (χ0) is 14.5. The van der Waals surface area contributed by atoms with Crippen LogP contribution in [-0.4, -0.2) is 6.04 Å². The highest BCUT2D eigenvalue weighted by Gasteiger charge is 2.21. The molecule has 2 aromatic carbocycles. The summed E-state index contributed by atoms with van der Waals surface area (Å²) in [5.41, 5.74) is 6.90. The second-order valence-corrected chi connectivity index (χ2v) is 5.87. The maximum absolute atomic E-state index is 13.4. The molecule has 2 rings (SSSR count). The van der Waals surface area contributed by atoms with Crippen molar-refractivity contribution in [3.05, 3.63) is 63.5 Å². The first kappa shape index (κ1) is 15.3. The number of ether oxygens (including phenoxy) is 1. The van der Waals surface area contributed by atoms with E-state index in [0.29, 0.717) is 0 Å². The van der Waals surface area contributed by atoms with Gasteiger partial charge in [0, 0.05) is 9.61 Å². The molecule has 0 heterocycles. The minimum absolute atomic E-state index is 0.185. The van der Waals surface area contributed by atoms with E-state index in [1.54, 1.807) is 6.07 Å². The topological polar surface area (TPSA) is 35.2 Å². The smallest absolute Gasteiger partial charge is 0.139 e. The molecule has 0 aliphatic heterocycles. The van der Waals surface area contributed by atoms with Gasteiger partial charge in [-0.25, -0.2) is 4.39 Å². The Kier molecular flexibility index (Phi) is 5.37. The van der Waals surface area contributed by atoms with Crippen molar-refractivity contribution in [2.24, 2.45) is 5.73 Å². The quantitative estimate of drug-likeness (QED) is 0.780. The Morgan fingerprint density at radius 2 is 1.95 bits per heavy atom. The SMILES string of the molecule is CCC(N)C(Oc1cccc(I)c1)c1cccc(F)c1. The number of hydrogen-bond donors (Lipinski definition) is 1. The van der Waals surface area contributed by atoms with Crippen LogP contribution >= 0.6 is 22.6 Å². The molecule has 0 fully saturated rings. The van der Waals surface area contributed by atoms with Crippen LogP contribution in [0.25, 0.3) is 0 Å². The Bertz CT molecular complexity index is 576. The van der Waals surface area contributed by atoms with Gasteiger partial charge in [0.1, 0.15) is 17.7 Å².